The van der Waals surface area contributed by atoms with Gasteiger partial charge in [-0.05, 0) is 50.5 Å². The quantitative estimate of drug-likeness (QED) is 0.916. The third-order valence-corrected chi connectivity index (χ3v) is 5.56. The van der Waals surface area contributed by atoms with E-state index in [-0.39, 0.29) is 17.4 Å². The van der Waals surface area contributed by atoms with Crippen LogP contribution in [0.4, 0.5) is 0 Å². The van der Waals surface area contributed by atoms with Crippen LogP contribution in [0.25, 0.3) is 5.69 Å². The highest BCUT2D eigenvalue weighted by atomic mass is 16.5. The maximum absolute atomic E-state index is 12.6. The topological polar surface area (TPSA) is 69.0 Å². The molecule has 0 bridgehead atoms. The number of nitrogens with one attached hydrogen (secondary N) is 1. The lowest BCUT2D eigenvalue weighted by Gasteiger charge is -2.61. The van der Waals surface area contributed by atoms with Gasteiger partial charge in [0.1, 0.15) is 12.7 Å². The van der Waals surface area contributed by atoms with E-state index in [0.29, 0.717) is 11.7 Å². The number of benzene rings is 1. The number of aromatic nitrogens is 3. The van der Waals surface area contributed by atoms with Crippen molar-refractivity contribution in [1.82, 2.24) is 20.1 Å². The number of ether oxygens (including phenoxy) is 1. The minimum Gasteiger partial charge on any atom is -0.378 e. The molecule has 2 atom stereocenters. The van der Waals surface area contributed by atoms with Crippen LogP contribution in [0, 0.1) is 5.41 Å². The molecule has 2 unspecified atom stereocenters. The summed E-state index contributed by atoms with van der Waals surface area (Å²) in [5, 5.41) is 7.30. The van der Waals surface area contributed by atoms with Gasteiger partial charge in [-0.2, -0.15) is 5.10 Å². The summed E-state index contributed by atoms with van der Waals surface area (Å²) in [6.07, 6.45) is 7.93. The summed E-state index contributed by atoms with van der Waals surface area (Å²) in [6.45, 7) is 2.78. The molecule has 1 aromatic heterocycles. The van der Waals surface area contributed by atoms with E-state index in [9.17, 15) is 4.79 Å². The highest BCUT2D eigenvalue weighted by Crippen LogP contribution is 2.57. The number of carbonyl (C=O) groups is 1. The van der Waals surface area contributed by atoms with E-state index in [2.05, 4.69) is 15.4 Å². The minimum atomic E-state index is -0.00800. The zero-order valence-corrected chi connectivity index (χ0v) is 13.8. The molecular formula is C18H22N4O2. The summed E-state index contributed by atoms with van der Waals surface area (Å²) < 4.78 is 7.51. The highest BCUT2D eigenvalue weighted by molar-refractivity contribution is 5.94. The maximum Gasteiger partial charge on any atom is 0.251 e. The molecule has 2 saturated carbocycles. The second kappa shape index (κ2) is 6.02. The molecule has 6 heteroatoms. The van der Waals surface area contributed by atoms with Gasteiger partial charge in [-0.3, -0.25) is 4.79 Å². The molecule has 2 aliphatic carbocycles. The monoisotopic (exact) mass is 326 g/mol. The van der Waals surface area contributed by atoms with Gasteiger partial charge in [0.25, 0.3) is 5.91 Å². The van der Waals surface area contributed by atoms with Crippen LogP contribution >= 0.6 is 0 Å². The van der Waals surface area contributed by atoms with Gasteiger partial charge in [0, 0.05) is 23.6 Å². The van der Waals surface area contributed by atoms with E-state index < -0.39 is 0 Å². The lowest BCUT2D eigenvalue weighted by Crippen LogP contribution is -2.67. The fourth-order valence-corrected chi connectivity index (χ4v) is 3.99. The molecule has 2 fully saturated rings. The zero-order chi connectivity index (χ0) is 16.6. The summed E-state index contributed by atoms with van der Waals surface area (Å²) in [5.74, 6) is -0.00800. The fourth-order valence-electron chi connectivity index (χ4n) is 3.99. The number of carbonyl (C=O) groups excluding carboxylic acids is 1. The number of amides is 1. The van der Waals surface area contributed by atoms with Crippen molar-refractivity contribution in [1.29, 1.82) is 0 Å². The van der Waals surface area contributed by atoms with Gasteiger partial charge in [0.2, 0.25) is 0 Å². The van der Waals surface area contributed by atoms with E-state index in [1.807, 2.05) is 31.2 Å². The van der Waals surface area contributed by atoms with E-state index in [1.165, 1.54) is 12.7 Å². The molecule has 2 aliphatic rings. The lowest BCUT2D eigenvalue weighted by atomic mass is 9.51. The average molecular weight is 326 g/mol. The Labute approximate surface area is 141 Å². The van der Waals surface area contributed by atoms with Crippen LogP contribution in [-0.2, 0) is 4.74 Å². The normalized spacial score (nSPS) is 24.2. The van der Waals surface area contributed by atoms with Crippen molar-refractivity contribution in [3.8, 4) is 5.69 Å². The molecule has 1 aromatic carbocycles. The molecule has 6 nitrogen and oxygen atoms in total. The van der Waals surface area contributed by atoms with Crippen LogP contribution in [0.3, 0.4) is 0 Å². The van der Waals surface area contributed by atoms with Crippen LogP contribution in [0.2, 0.25) is 0 Å². The van der Waals surface area contributed by atoms with E-state index in [1.54, 1.807) is 11.0 Å². The smallest absolute Gasteiger partial charge is 0.251 e. The van der Waals surface area contributed by atoms with E-state index >= 15 is 0 Å². The summed E-state index contributed by atoms with van der Waals surface area (Å²) in [6, 6.07) is 7.67. The Balaban J connectivity index is 1.42. The van der Waals surface area contributed by atoms with Crippen LogP contribution in [-0.4, -0.2) is 39.4 Å². The molecule has 1 amide bonds. The Kier molecular flexibility index (Phi) is 3.84. The van der Waals surface area contributed by atoms with Gasteiger partial charge >= 0.3 is 0 Å². The van der Waals surface area contributed by atoms with Gasteiger partial charge in [0.15, 0.2) is 0 Å². The Morgan fingerprint density at radius 2 is 2.17 bits per heavy atom. The number of nitrogens with zero attached hydrogens (tertiary/aromatic N) is 3. The third kappa shape index (κ3) is 2.41. The van der Waals surface area contributed by atoms with Crippen molar-refractivity contribution in [2.45, 2.75) is 44.8 Å². The molecule has 126 valence electrons. The summed E-state index contributed by atoms with van der Waals surface area (Å²) in [4.78, 5) is 16.5. The predicted molar refractivity (Wildman–Crippen MR) is 88.9 cm³/mol. The van der Waals surface area contributed by atoms with Gasteiger partial charge in [0.05, 0.1) is 11.8 Å². The molecule has 1 spiro atoms. The van der Waals surface area contributed by atoms with Gasteiger partial charge in [-0.25, -0.2) is 9.67 Å². The van der Waals surface area contributed by atoms with E-state index in [4.69, 9.17) is 4.74 Å². The second-order valence-electron chi connectivity index (χ2n) is 6.68. The van der Waals surface area contributed by atoms with Gasteiger partial charge in [-0.15, -0.1) is 0 Å². The fraction of sp³-hybridized carbons (Fsp3) is 0.500. The van der Waals surface area contributed by atoms with Gasteiger partial charge in [-0.1, -0.05) is 6.42 Å². The summed E-state index contributed by atoms with van der Waals surface area (Å²) in [5.41, 5.74) is 1.75. The Bertz CT molecular complexity index is 707. The first-order chi connectivity index (χ1) is 11.7. The van der Waals surface area contributed by atoms with Crippen molar-refractivity contribution in [2.75, 3.05) is 6.61 Å². The van der Waals surface area contributed by atoms with Crippen molar-refractivity contribution in [3.05, 3.63) is 42.5 Å². The van der Waals surface area contributed by atoms with Crippen LogP contribution in [0.15, 0.2) is 36.9 Å². The van der Waals surface area contributed by atoms with Crippen molar-refractivity contribution in [3.63, 3.8) is 0 Å². The first-order valence-corrected chi connectivity index (χ1v) is 8.60. The summed E-state index contributed by atoms with van der Waals surface area (Å²) in [7, 11) is 0. The Hall–Kier alpha value is -2.21. The Morgan fingerprint density at radius 3 is 2.75 bits per heavy atom. The molecular weight excluding hydrogens is 304 g/mol. The average Bonchev–Trinajstić information content (AvgIpc) is 3.06. The first kappa shape index (κ1) is 15.3. The molecule has 1 N–H and O–H groups in total. The minimum absolute atomic E-state index is 0.00800. The van der Waals surface area contributed by atoms with Crippen molar-refractivity contribution in [2.24, 2.45) is 5.41 Å². The summed E-state index contributed by atoms with van der Waals surface area (Å²) >= 11 is 0. The Morgan fingerprint density at radius 1 is 1.38 bits per heavy atom. The van der Waals surface area contributed by atoms with Crippen LogP contribution in [0.1, 0.15) is 43.0 Å². The van der Waals surface area contributed by atoms with Crippen molar-refractivity contribution < 1.29 is 9.53 Å². The molecule has 0 aliphatic heterocycles. The molecule has 4 rings (SSSR count). The molecule has 24 heavy (non-hydrogen) atoms. The van der Waals surface area contributed by atoms with E-state index in [0.717, 1.165) is 31.6 Å². The highest BCUT2D eigenvalue weighted by Gasteiger charge is 2.59. The third-order valence-electron chi connectivity index (χ3n) is 5.56. The largest absolute Gasteiger partial charge is 0.378 e. The maximum atomic E-state index is 12.6. The molecule has 0 radical (unpaired) electrons. The first-order valence-electron chi connectivity index (χ1n) is 8.60. The predicted octanol–water partition coefficient (Wildman–Crippen LogP) is 2.34. The molecule has 1 heterocycles. The molecule has 0 saturated heterocycles. The van der Waals surface area contributed by atoms with Gasteiger partial charge < -0.3 is 10.1 Å². The second-order valence-corrected chi connectivity index (χ2v) is 6.68. The van der Waals surface area contributed by atoms with Crippen LogP contribution in [0.5, 0.6) is 0 Å². The molecule has 2 aromatic rings. The standard InChI is InChI=1S/C18H22N4O2/c1-2-24-16-10-15(18(16)8-3-9-18)21-17(23)13-4-6-14(7-5-13)22-12-19-11-20-22/h4-7,11-12,15-16H,2-3,8-10H2,1H3,(H,21,23). The SMILES string of the molecule is CCOC1CC(NC(=O)c2ccc(-n3cncn3)cc2)C12CCC2. The number of hydrogen-bond donors (Lipinski definition) is 1. The van der Waals surface area contributed by atoms with Crippen LogP contribution < -0.4 is 5.32 Å². The zero-order valence-electron chi connectivity index (χ0n) is 13.8. The number of hydrogen-bond acceptors (Lipinski definition) is 4. The van der Waals surface area contributed by atoms with Crippen molar-refractivity contribution >= 4 is 5.91 Å². The number of rotatable bonds is 5. The lowest BCUT2D eigenvalue weighted by molar-refractivity contribution is -0.169.